The van der Waals surface area contributed by atoms with Crippen LogP contribution in [0.15, 0.2) is 0 Å². The van der Waals surface area contributed by atoms with Crippen molar-refractivity contribution in [1.82, 2.24) is 15.1 Å². The lowest BCUT2D eigenvalue weighted by Crippen LogP contribution is -2.67. The monoisotopic (exact) mass is 189 g/mol. The maximum absolute atomic E-state index is 4.67. The molecule has 1 aliphatic heterocycles. The Morgan fingerprint density at radius 3 is 2.42 bits per heavy atom. The van der Waals surface area contributed by atoms with Gasteiger partial charge in [-0.15, -0.1) is 12.6 Å². The second-order valence-electron chi connectivity index (χ2n) is 3.55. The smallest absolute Gasteiger partial charge is 0.132 e. The molecule has 2 unspecified atom stereocenters. The third-order valence-electron chi connectivity index (χ3n) is 2.98. The van der Waals surface area contributed by atoms with E-state index in [9.17, 15) is 0 Å². The molecule has 3 nitrogen and oxygen atoms in total. The number of nitrogens with one attached hydrogen (secondary N) is 1. The predicted octanol–water partition coefficient (Wildman–Crippen LogP) is 0.0551. The van der Waals surface area contributed by atoms with Crippen LogP contribution in [0.3, 0.4) is 0 Å². The van der Waals surface area contributed by atoms with Crippen LogP contribution in [0.1, 0.15) is 6.92 Å². The molecule has 0 aromatic rings. The van der Waals surface area contributed by atoms with Crippen molar-refractivity contribution in [1.29, 1.82) is 0 Å². The molecule has 12 heavy (non-hydrogen) atoms. The zero-order chi connectivity index (χ0) is 9.35. The van der Waals surface area contributed by atoms with Crippen molar-refractivity contribution in [2.75, 3.05) is 34.2 Å². The topological polar surface area (TPSA) is 18.5 Å². The first-order valence-electron chi connectivity index (χ1n) is 4.35. The van der Waals surface area contributed by atoms with Crippen LogP contribution in [0, 0.1) is 0 Å². The lowest BCUT2D eigenvalue weighted by Gasteiger charge is -2.50. The lowest BCUT2D eigenvalue weighted by molar-refractivity contribution is 0.0255. The van der Waals surface area contributed by atoms with Gasteiger partial charge in [0.1, 0.15) is 4.99 Å². The molecule has 2 atom stereocenters. The molecular weight excluding hydrogens is 170 g/mol. The fraction of sp³-hybridized carbons (Fsp3) is 1.00. The minimum atomic E-state index is -0.187. The molecule has 4 heteroatoms. The van der Waals surface area contributed by atoms with E-state index in [4.69, 9.17) is 0 Å². The summed E-state index contributed by atoms with van der Waals surface area (Å²) in [7, 11) is 6.20. The Morgan fingerprint density at radius 2 is 2.00 bits per heavy atom. The summed E-state index contributed by atoms with van der Waals surface area (Å²) in [5.41, 5.74) is 0. The highest BCUT2D eigenvalue weighted by molar-refractivity contribution is 7.81. The largest absolute Gasteiger partial charge is 0.298 e. The number of thiol groups is 1. The van der Waals surface area contributed by atoms with E-state index in [2.05, 4.69) is 48.8 Å². The first-order valence-corrected chi connectivity index (χ1v) is 4.80. The van der Waals surface area contributed by atoms with Gasteiger partial charge in [0.05, 0.1) is 0 Å². The van der Waals surface area contributed by atoms with Crippen LogP contribution in [-0.4, -0.2) is 55.1 Å². The molecule has 0 aliphatic carbocycles. The average Bonchev–Trinajstić information content (AvgIpc) is 2.08. The van der Waals surface area contributed by atoms with Crippen LogP contribution in [-0.2, 0) is 0 Å². The zero-order valence-electron chi connectivity index (χ0n) is 8.33. The van der Waals surface area contributed by atoms with E-state index < -0.39 is 0 Å². The van der Waals surface area contributed by atoms with Crippen LogP contribution < -0.4 is 5.32 Å². The number of rotatable bonds is 1. The second-order valence-corrected chi connectivity index (χ2v) is 4.24. The number of hydrogen-bond acceptors (Lipinski definition) is 4. The van der Waals surface area contributed by atoms with Gasteiger partial charge in [0.15, 0.2) is 0 Å². The minimum absolute atomic E-state index is 0.187. The maximum atomic E-state index is 4.67. The van der Waals surface area contributed by atoms with Gasteiger partial charge in [-0.3, -0.25) is 15.1 Å². The fourth-order valence-electron chi connectivity index (χ4n) is 1.70. The molecule has 1 fully saturated rings. The van der Waals surface area contributed by atoms with Crippen molar-refractivity contribution in [3.05, 3.63) is 0 Å². The van der Waals surface area contributed by atoms with E-state index in [0.29, 0.717) is 6.04 Å². The summed E-state index contributed by atoms with van der Waals surface area (Å²) in [5, 5.41) is 3.26. The van der Waals surface area contributed by atoms with Gasteiger partial charge >= 0.3 is 0 Å². The Balaban J connectivity index is 2.78. The van der Waals surface area contributed by atoms with E-state index in [1.165, 1.54) is 0 Å². The van der Waals surface area contributed by atoms with E-state index in [0.717, 1.165) is 13.1 Å². The quantitative estimate of drug-likeness (QED) is 0.449. The van der Waals surface area contributed by atoms with Crippen LogP contribution in [0.25, 0.3) is 0 Å². The fourth-order valence-corrected chi connectivity index (χ4v) is 1.99. The molecule has 1 aliphatic rings. The van der Waals surface area contributed by atoms with E-state index in [-0.39, 0.29) is 4.99 Å². The highest BCUT2D eigenvalue weighted by Gasteiger charge is 2.40. The van der Waals surface area contributed by atoms with Crippen molar-refractivity contribution < 1.29 is 0 Å². The van der Waals surface area contributed by atoms with Crippen LogP contribution in [0.5, 0.6) is 0 Å². The maximum Gasteiger partial charge on any atom is 0.132 e. The molecule has 0 aromatic heterocycles. The van der Waals surface area contributed by atoms with Gasteiger partial charge < -0.3 is 0 Å². The summed E-state index contributed by atoms with van der Waals surface area (Å²) < 4.78 is 0. The van der Waals surface area contributed by atoms with Gasteiger partial charge in [-0.25, -0.2) is 0 Å². The van der Waals surface area contributed by atoms with Crippen molar-refractivity contribution >= 4 is 12.6 Å². The molecule has 0 radical (unpaired) electrons. The van der Waals surface area contributed by atoms with Gasteiger partial charge in [0.25, 0.3) is 0 Å². The molecule has 0 saturated carbocycles. The normalized spacial score (nSPS) is 40.2. The average molecular weight is 189 g/mol. The van der Waals surface area contributed by atoms with Crippen molar-refractivity contribution in [3.8, 4) is 0 Å². The summed E-state index contributed by atoms with van der Waals surface area (Å²) in [5.74, 6) is 0. The number of likely N-dealkylation sites (N-methyl/N-ethyl adjacent to an activating group) is 3. The van der Waals surface area contributed by atoms with Gasteiger partial charge in [-0.2, -0.15) is 0 Å². The Kier molecular flexibility index (Phi) is 3.04. The zero-order valence-corrected chi connectivity index (χ0v) is 9.23. The molecular formula is C8H19N3S. The Hall–Kier alpha value is 0.230. The molecule has 0 spiro atoms. The van der Waals surface area contributed by atoms with Crippen LogP contribution in [0.4, 0.5) is 0 Å². The third-order valence-corrected chi connectivity index (χ3v) is 3.92. The molecule has 0 amide bonds. The number of piperazine rings is 1. The molecule has 1 N–H and O–H groups in total. The van der Waals surface area contributed by atoms with E-state index >= 15 is 0 Å². The van der Waals surface area contributed by atoms with Gasteiger partial charge in [0, 0.05) is 19.1 Å². The summed E-state index contributed by atoms with van der Waals surface area (Å²) in [6, 6.07) is 0.421. The predicted molar refractivity (Wildman–Crippen MR) is 55.5 cm³/mol. The lowest BCUT2D eigenvalue weighted by atomic mass is 10.1. The summed E-state index contributed by atoms with van der Waals surface area (Å²) >= 11 is 4.67. The first kappa shape index (κ1) is 10.3. The molecule has 0 aromatic carbocycles. The highest BCUT2D eigenvalue weighted by atomic mass is 32.1. The second kappa shape index (κ2) is 3.54. The standard InChI is InChI=1S/C8H19N3S/c1-7-8(12,9-2)11(4)6-5-10(7)3/h7,9,12H,5-6H2,1-4H3. The number of hydrogen-bond donors (Lipinski definition) is 2. The summed E-state index contributed by atoms with van der Waals surface area (Å²) in [6.45, 7) is 4.37. The first-order chi connectivity index (χ1) is 5.52. The Labute approximate surface area is 80.5 Å². The molecule has 0 bridgehead atoms. The molecule has 72 valence electrons. The Morgan fingerprint density at radius 1 is 1.42 bits per heavy atom. The number of nitrogens with zero attached hydrogens (tertiary/aromatic N) is 2. The Bertz CT molecular complexity index is 164. The van der Waals surface area contributed by atoms with Gasteiger partial charge in [-0.05, 0) is 28.1 Å². The SMILES string of the molecule is CNC1(S)C(C)N(C)CCN1C. The van der Waals surface area contributed by atoms with E-state index in [1.807, 2.05) is 7.05 Å². The highest BCUT2D eigenvalue weighted by Crippen LogP contribution is 2.26. The summed E-state index contributed by atoms with van der Waals surface area (Å²) in [6.07, 6.45) is 0. The van der Waals surface area contributed by atoms with Gasteiger partial charge in [0.2, 0.25) is 0 Å². The van der Waals surface area contributed by atoms with Crippen molar-refractivity contribution in [3.63, 3.8) is 0 Å². The van der Waals surface area contributed by atoms with Crippen LogP contribution >= 0.6 is 12.6 Å². The van der Waals surface area contributed by atoms with Gasteiger partial charge in [-0.1, -0.05) is 0 Å². The van der Waals surface area contributed by atoms with Crippen molar-refractivity contribution in [2.24, 2.45) is 0 Å². The van der Waals surface area contributed by atoms with Crippen LogP contribution in [0.2, 0.25) is 0 Å². The summed E-state index contributed by atoms with van der Waals surface area (Å²) in [4.78, 5) is 4.39. The molecule has 1 heterocycles. The minimum Gasteiger partial charge on any atom is -0.298 e. The molecule has 1 saturated heterocycles. The third kappa shape index (κ3) is 1.48. The van der Waals surface area contributed by atoms with E-state index in [1.54, 1.807) is 0 Å². The van der Waals surface area contributed by atoms with Crippen molar-refractivity contribution in [2.45, 2.75) is 18.0 Å². The molecule has 1 rings (SSSR count).